The van der Waals surface area contributed by atoms with E-state index in [0.29, 0.717) is 11.8 Å². The molecule has 0 saturated heterocycles. The fraction of sp³-hybridized carbons (Fsp3) is 0.889. The highest BCUT2D eigenvalue weighted by Crippen LogP contribution is 2.47. The zero-order chi connectivity index (χ0) is 8.72. The molecular weight excluding hydrogens is 174 g/mol. The Bertz CT molecular complexity index is 205. The molecule has 0 aromatic heterocycles. The van der Waals surface area contributed by atoms with E-state index in [2.05, 4.69) is 5.32 Å². The Morgan fingerprint density at radius 2 is 2.08 bits per heavy atom. The molecule has 0 unspecified atom stereocenters. The van der Waals surface area contributed by atoms with Crippen LogP contribution in [0.2, 0.25) is 0 Å². The van der Waals surface area contributed by atoms with Gasteiger partial charge in [-0.05, 0) is 31.1 Å². The molecule has 2 saturated carbocycles. The molecule has 2 fully saturated rings. The first-order valence-corrected chi connectivity index (χ1v) is 5.03. The van der Waals surface area contributed by atoms with Crippen molar-refractivity contribution in [3.8, 4) is 0 Å². The molecule has 4 atom stereocenters. The Balaban J connectivity index is 2.02. The average molecular weight is 188 g/mol. The lowest BCUT2D eigenvalue weighted by molar-refractivity contribution is -0.119. The van der Waals surface area contributed by atoms with Gasteiger partial charge in [0.1, 0.15) is 0 Å². The van der Waals surface area contributed by atoms with Crippen molar-refractivity contribution in [1.82, 2.24) is 5.32 Å². The highest BCUT2D eigenvalue weighted by molar-refractivity contribution is 6.21. The standard InChI is InChI=1S/C9H14ClNO/c1-5(12)11-9-7-3-2-6(4-7)8(9)10/h6-9H,2-4H2,1H3,(H,11,12)/t6-,7+,8+,9-/m0/s1. The van der Waals surface area contributed by atoms with E-state index in [1.165, 1.54) is 19.3 Å². The van der Waals surface area contributed by atoms with Gasteiger partial charge in [0.25, 0.3) is 0 Å². The molecule has 1 amide bonds. The summed E-state index contributed by atoms with van der Waals surface area (Å²) in [6.45, 7) is 1.57. The SMILES string of the molecule is CC(=O)N[C@H]1[C@@H]2CC[C@@H](C2)[C@H]1Cl. The predicted octanol–water partition coefficient (Wildman–Crippen LogP) is 1.53. The largest absolute Gasteiger partial charge is 0.352 e. The van der Waals surface area contributed by atoms with Crippen LogP contribution >= 0.6 is 11.6 Å². The number of carbonyl (C=O) groups excluding carboxylic acids is 1. The van der Waals surface area contributed by atoms with Crippen molar-refractivity contribution < 1.29 is 4.79 Å². The van der Waals surface area contributed by atoms with Crippen molar-refractivity contribution in [3.63, 3.8) is 0 Å². The molecular formula is C9H14ClNO. The number of hydrogen-bond donors (Lipinski definition) is 1. The summed E-state index contributed by atoms with van der Waals surface area (Å²) in [6, 6.07) is 0.253. The molecule has 0 aromatic rings. The summed E-state index contributed by atoms with van der Waals surface area (Å²) in [5.74, 6) is 1.37. The molecule has 1 N–H and O–H groups in total. The molecule has 0 heterocycles. The van der Waals surface area contributed by atoms with Crippen LogP contribution < -0.4 is 5.32 Å². The van der Waals surface area contributed by atoms with Gasteiger partial charge in [-0.3, -0.25) is 4.79 Å². The van der Waals surface area contributed by atoms with Crippen molar-refractivity contribution >= 4 is 17.5 Å². The second kappa shape index (κ2) is 2.91. The third-order valence-corrected chi connectivity index (χ3v) is 3.81. The minimum Gasteiger partial charge on any atom is -0.352 e. The fourth-order valence-corrected chi connectivity index (χ4v) is 3.15. The van der Waals surface area contributed by atoms with Gasteiger partial charge < -0.3 is 5.32 Å². The zero-order valence-corrected chi connectivity index (χ0v) is 7.97. The van der Waals surface area contributed by atoms with E-state index in [-0.39, 0.29) is 17.3 Å². The van der Waals surface area contributed by atoms with E-state index in [4.69, 9.17) is 11.6 Å². The molecule has 0 radical (unpaired) electrons. The number of hydrogen-bond acceptors (Lipinski definition) is 1. The van der Waals surface area contributed by atoms with Gasteiger partial charge in [0.05, 0.1) is 5.38 Å². The maximum absolute atomic E-state index is 10.9. The van der Waals surface area contributed by atoms with Crippen LogP contribution in [-0.2, 0) is 4.79 Å². The minimum absolute atomic E-state index is 0.0539. The van der Waals surface area contributed by atoms with Gasteiger partial charge in [-0.2, -0.15) is 0 Å². The Labute approximate surface area is 77.7 Å². The first kappa shape index (κ1) is 8.36. The predicted molar refractivity (Wildman–Crippen MR) is 48.1 cm³/mol. The van der Waals surface area contributed by atoms with Crippen LogP contribution in [0.3, 0.4) is 0 Å². The van der Waals surface area contributed by atoms with Crippen molar-refractivity contribution in [2.24, 2.45) is 11.8 Å². The van der Waals surface area contributed by atoms with Gasteiger partial charge >= 0.3 is 0 Å². The Morgan fingerprint density at radius 1 is 1.42 bits per heavy atom. The summed E-state index contributed by atoms with van der Waals surface area (Å²) in [5.41, 5.74) is 0. The molecule has 2 nitrogen and oxygen atoms in total. The molecule has 68 valence electrons. The molecule has 12 heavy (non-hydrogen) atoms. The van der Waals surface area contributed by atoms with Crippen molar-refractivity contribution in [2.45, 2.75) is 37.6 Å². The Morgan fingerprint density at radius 3 is 2.58 bits per heavy atom. The summed E-state index contributed by atoms with van der Waals surface area (Å²) in [5, 5.41) is 3.14. The Hall–Kier alpha value is -0.240. The number of alkyl halides is 1. The van der Waals surface area contributed by atoms with E-state index in [9.17, 15) is 4.79 Å². The normalized spacial score (nSPS) is 44.8. The summed E-state index contributed by atoms with van der Waals surface area (Å²) < 4.78 is 0. The smallest absolute Gasteiger partial charge is 0.217 e. The van der Waals surface area contributed by atoms with Crippen LogP contribution in [0, 0.1) is 11.8 Å². The van der Waals surface area contributed by atoms with Crippen LogP contribution in [0.4, 0.5) is 0 Å². The molecule has 2 rings (SSSR count). The molecule has 0 spiro atoms. The van der Waals surface area contributed by atoms with Gasteiger partial charge in [0.2, 0.25) is 5.91 Å². The summed E-state index contributed by atoms with van der Waals surface area (Å²) in [6.07, 6.45) is 3.73. The fourth-order valence-electron chi connectivity index (χ4n) is 2.65. The molecule has 2 bridgehead atoms. The second-order valence-electron chi connectivity index (χ2n) is 4.00. The highest BCUT2D eigenvalue weighted by Gasteiger charge is 2.46. The average Bonchev–Trinajstić information content (AvgIpc) is 2.53. The maximum atomic E-state index is 10.9. The number of halogens is 1. The van der Waals surface area contributed by atoms with Crippen LogP contribution in [0.1, 0.15) is 26.2 Å². The molecule has 2 aliphatic rings. The van der Waals surface area contributed by atoms with E-state index in [0.717, 1.165) is 0 Å². The third-order valence-electron chi connectivity index (χ3n) is 3.18. The summed E-state index contributed by atoms with van der Waals surface area (Å²) in [7, 11) is 0. The summed E-state index contributed by atoms with van der Waals surface area (Å²) >= 11 is 6.20. The van der Waals surface area contributed by atoms with Crippen molar-refractivity contribution in [3.05, 3.63) is 0 Å². The molecule has 3 heteroatoms. The molecule has 0 aromatic carbocycles. The van der Waals surface area contributed by atoms with Crippen LogP contribution in [0.15, 0.2) is 0 Å². The molecule has 0 aliphatic heterocycles. The first-order chi connectivity index (χ1) is 5.68. The zero-order valence-electron chi connectivity index (χ0n) is 7.22. The third kappa shape index (κ3) is 1.22. The molecule has 2 aliphatic carbocycles. The van der Waals surface area contributed by atoms with E-state index >= 15 is 0 Å². The second-order valence-corrected chi connectivity index (χ2v) is 4.51. The van der Waals surface area contributed by atoms with Gasteiger partial charge in [-0.15, -0.1) is 11.6 Å². The highest BCUT2D eigenvalue weighted by atomic mass is 35.5. The summed E-state index contributed by atoms with van der Waals surface area (Å²) in [4.78, 5) is 10.9. The maximum Gasteiger partial charge on any atom is 0.217 e. The quantitative estimate of drug-likeness (QED) is 0.620. The van der Waals surface area contributed by atoms with E-state index < -0.39 is 0 Å². The Kier molecular flexibility index (Phi) is 2.03. The van der Waals surface area contributed by atoms with Crippen LogP contribution in [0.25, 0.3) is 0 Å². The lowest BCUT2D eigenvalue weighted by atomic mass is 9.95. The lowest BCUT2D eigenvalue weighted by Gasteiger charge is -2.26. The number of fused-ring (bicyclic) bond motifs is 2. The van der Waals surface area contributed by atoms with E-state index in [1.54, 1.807) is 6.92 Å². The van der Waals surface area contributed by atoms with Gasteiger partial charge in [-0.25, -0.2) is 0 Å². The number of rotatable bonds is 1. The topological polar surface area (TPSA) is 29.1 Å². The van der Waals surface area contributed by atoms with Crippen LogP contribution in [0.5, 0.6) is 0 Å². The number of nitrogens with one attached hydrogen (secondary N) is 1. The van der Waals surface area contributed by atoms with Gasteiger partial charge in [0.15, 0.2) is 0 Å². The minimum atomic E-state index is 0.0539. The van der Waals surface area contributed by atoms with Crippen molar-refractivity contribution in [1.29, 1.82) is 0 Å². The number of carbonyl (C=O) groups is 1. The monoisotopic (exact) mass is 187 g/mol. The van der Waals surface area contributed by atoms with Crippen molar-refractivity contribution in [2.75, 3.05) is 0 Å². The first-order valence-electron chi connectivity index (χ1n) is 4.59. The van der Waals surface area contributed by atoms with E-state index in [1.807, 2.05) is 0 Å². The lowest BCUT2D eigenvalue weighted by Crippen LogP contribution is -2.43. The van der Waals surface area contributed by atoms with Crippen LogP contribution in [-0.4, -0.2) is 17.3 Å². The number of amides is 1. The van der Waals surface area contributed by atoms with Gasteiger partial charge in [-0.1, -0.05) is 0 Å². The van der Waals surface area contributed by atoms with Gasteiger partial charge in [0, 0.05) is 13.0 Å².